The second kappa shape index (κ2) is 2.28. The highest BCUT2D eigenvalue weighted by Crippen LogP contribution is 2.05. The van der Waals surface area contributed by atoms with Crippen LogP contribution in [0.4, 0.5) is 0 Å². The summed E-state index contributed by atoms with van der Waals surface area (Å²) in [7, 11) is 0. The quantitative estimate of drug-likeness (QED) is 0.634. The summed E-state index contributed by atoms with van der Waals surface area (Å²) in [6.07, 6.45) is 1.71. The first-order chi connectivity index (χ1) is 5.27. The number of hydrogen-bond acceptors (Lipinski definition) is 3. The van der Waals surface area contributed by atoms with Crippen LogP contribution in [0.2, 0.25) is 5.28 Å². The summed E-state index contributed by atoms with van der Waals surface area (Å²) < 4.78 is 1.80. The minimum Gasteiger partial charge on any atom is -0.297 e. The number of rotatable bonds is 0. The molecule has 2 rings (SSSR count). The van der Waals surface area contributed by atoms with E-state index in [0.29, 0.717) is 10.9 Å². The van der Waals surface area contributed by atoms with Crippen molar-refractivity contribution in [2.24, 2.45) is 0 Å². The van der Waals surface area contributed by atoms with Crippen LogP contribution in [0.3, 0.4) is 0 Å². The Bertz CT molecular complexity index is 445. The molecule has 0 radical (unpaired) electrons. The highest BCUT2D eigenvalue weighted by atomic mass is 35.5. The highest BCUT2D eigenvalue weighted by molar-refractivity contribution is 7.71. The van der Waals surface area contributed by atoms with Crippen molar-refractivity contribution < 1.29 is 0 Å². The van der Waals surface area contributed by atoms with Gasteiger partial charge in [0.15, 0.2) is 5.65 Å². The smallest absolute Gasteiger partial charge is 0.226 e. The summed E-state index contributed by atoms with van der Waals surface area (Å²) in [5.74, 6) is 0. The molecule has 2 aromatic rings. The van der Waals surface area contributed by atoms with E-state index in [1.54, 1.807) is 12.3 Å². The predicted molar refractivity (Wildman–Crippen MR) is 43.2 cm³/mol. The Morgan fingerprint density at radius 3 is 3.18 bits per heavy atom. The first kappa shape index (κ1) is 6.75. The van der Waals surface area contributed by atoms with Gasteiger partial charge in [-0.2, -0.15) is 9.97 Å². The van der Waals surface area contributed by atoms with Crippen molar-refractivity contribution in [3.8, 4) is 0 Å². The lowest BCUT2D eigenvalue weighted by atomic mass is 10.7. The summed E-state index contributed by atoms with van der Waals surface area (Å²) in [6, 6.07) is 1.77. The average Bonchev–Trinajstić information content (AvgIpc) is 2.34. The van der Waals surface area contributed by atoms with Crippen LogP contribution >= 0.6 is 23.8 Å². The molecule has 0 bridgehead atoms. The molecule has 0 aliphatic rings. The van der Waals surface area contributed by atoms with Crippen LogP contribution in [0, 0.1) is 4.77 Å². The third-order valence-corrected chi connectivity index (χ3v) is 1.68. The van der Waals surface area contributed by atoms with Gasteiger partial charge in [0.05, 0.1) is 0 Å². The number of fused-ring (bicyclic) bond motifs is 1. The van der Waals surface area contributed by atoms with Crippen molar-refractivity contribution in [2.45, 2.75) is 0 Å². The van der Waals surface area contributed by atoms with Gasteiger partial charge in [0.1, 0.15) is 0 Å². The number of H-pyrrole nitrogens is 1. The van der Waals surface area contributed by atoms with E-state index < -0.39 is 0 Å². The highest BCUT2D eigenvalue weighted by Gasteiger charge is 1.98. The molecule has 0 unspecified atom stereocenters. The molecule has 1 N–H and O–H groups in total. The maximum Gasteiger partial charge on any atom is 0.226 e. The van der Waals surface area contributed by atoms with Crippen molar-refractivity contribution in [2.75, 3.05) is 0 Å². The molecule has 56 valence electrons. The van der Waals surface area contributed by atoms with Gasteiger partial charge in [-0.05, 0) is 23.8 Å². The molecule has 0 aromatic carbocycles. The van der Waals surface area contributed by atoms with Gasteiger partial charge < -0.3 is 0 Å². The van der Waals surface area contributed by atoms with E-state index in [0.717, 1.165) is 0 Å². The van der Waals surface area contributed by atoms with Crippen LogP contribution in [0.25, 0.3) is 5.65 Å². The molecule has 11 heavy (non-hydrogen) atoms. The summed E-state index contributed by atoms with van der Waals surface area (Å²) in [6.45, 7) is 0. The zero-order chi connectivity index (χ0) is 7.84. The molecule has 2 heterocycles. The molecule has 4 nitrogen and oxygen atoms in total. The number of aromatic amines is 1. The standard InChI is InChI=1S/C5H3ClN4S/c6-4-9-5(11)8-3-1-2-7-10(3)4/h1-2,7H. The number of aromatic nitrogens is 4. The topological polar surface area (TPSA) is 46.0 Å². The lowest BCUT2D eigenvalue weighted by Crippen LogP contribution is -1.95. The van der Waals surface area contributed by atoms with E-state index in [-0.39, 0.29) is 4.77 Å². The largest absolute Gasteiger partial charge is 0.297 e. The molecule has 0 aliphatic carbocycles. The average molecular weight is 187 g/mol. The molecule has 0 spiro atoms. The van der Waals surface area contributed by atoms with Gasteiger partial charge in [0, 0.05) is 12.3 Å². The number of nitrogens with zero attached hydrogens (tertiary/aromatic N) is 3. The minimum atomic E-state index is 0.259. The lowest BCUT2D eigenvalue weighted by Gasteiger charge is -1.93. The van der Waals surface area contributed by atoms with Crippen LogP contribution < -0.4 is 0 Å². The summed E-state index contributed by atoms with van der Waals surface area (Å²) in [5, 5.41) is 3.12. The molecule has 6 heteroatoms. The zero-order valence-corrected chi connectivity index (χ0v) is 6.85. The molecule has 0 atom stereocenters. The van der Waals surface area contributed by atoms with Crippen LogP contribution in [0.15, 0.2) is 12.3 Å². The summed E-state index contributed by atoms with van der Waals surface area (Å²) >= 11 is 10.5. The summed E-state index contributed by atoms with van der Waals surface area (Å²) in [5.41, 5.74) is 0.676. The number of nitrogens with one attached hydrogen (secondary N) is 1. The zero-order valence-electron chi connectivity index (χ0n) is 5.28. The van der Waals surface area contributed by atoms with Gasteiger partial charge in [0.2, 0.25) is 10.1 Å². The Hall–Kier alpha value is -0.940. The third-order valence-electron chi connectivity index (χ3n) is 1.25. The molecule has 0 fully saturated rings. The van der Waals surface area contributed by atoms with E-state index in [1.165, 1.54) is 4.52 Å². The van der Waals surface area contributed by atoms with Crippen molar-refractivity contribution in [3.05, 3.63) is 22.3 Å². The van der Waals surface area contributed by atoms with E-state index in [4.69, 9.17) is 23.8 Å². The Balaban J connectivity index is 3.02. The first-order valence-electron chi connectivity index (χ1n) is 2.87. The normalized spacial score (nSPS) is 10.6. The van der Waals surface area contributed by atoms with Gasteiger partial charge in [-0.15, -0.1) is 0 Å². The Morgan fingerprint density at radius 1 is 1.55 bits per heavy atom. The van der Waals surface area contributed by atoms with E-state index in [2.05, 4.69) is 15.1 Å². The molecule has 0 saturated heterocycles. The number of hydrogen-bond donors (Lipinski definition) is 1. The fourth-order valence-electron chi connectivity index (χ4n) is 0.814. The minimum absolute atomic E-state index is 0.259. The number of halogens is 1. The fourth-order valence-corrected chi connectivity index (χ4v) is 1.26. The molecule has 0 saturated carbocycles. The maximum absolute atomic E-state index is 5.72. The monoisotopic (exact) mass is 186 g/mol. The van der Waals surface area contributed by atoms with Gasteiger partial charge in [-0.1, -0.05) is 0 Å². The maximum atomic E-state index is 5.72. The van der Waals surface area contributed by atoms with Crippen molar-refractivity contribution >= 4 is 29.5 Å². The van der Waals surface area contributed by atoms with Gasteiger partial charge >= 0.3 is 0 Å². The summed E-state index contributed by atoms with van der Waals surface area (Å²) in [4.78, 5) is 7.72. The van der Waals surface area contributed by atoms with Crippen LogP contribution in [0.1, 0.15) is 0 Å². The van der Waals surface area contributed by atoms with E-state index >= 15 is 0 Å². The van der Waals surface area contributed by atoms with Gasteiger partial charge in [-0.25, -0.2) is 4.52 Å². The molecule has 2 aromatic heterocycles. The second-order valence-electron chi connectivity index (χ2n) is 1.93. The second-order valence-corrected chi connectivity index (χ2v) is 2.63. The van der Waals surface area contributed by atoms with Gasteiger partial charge in [0.25, 0.3) is 0 Å². The van der Waals surface area contributed by atoms with Crippen molar-refractivity contribution in [1.29, 1.82) is 0 Å². The van der Waals surface area contributed by atoms with E-state index in [9.17, 15) is 0 Å². The molecular formula is C5H3ClN4S. The molecular weight excluding hydrogens is 184 g/mol. The molecule has 0 aliphatic heterocycles. The Morgan fingerprint density at radius 2 is 2.36 bits per heavy atom. The lowest BCUT2D eigenvalue weighted by molar-refractivity contribution is 0.885. The third kappa shape index (κ3) is 1.02. The van der Waals surface area contributed by atoms with Crippen LogP contribution in [-0.2, 0) is 0 Å². The van der Waals surface area contributed by atoms with Crippen LogP contribution in [0.5, 0.6) is 0 Å². The van der Waals surface area contributed by atoms with Gasteiger partial charge in [-0.3, -0.25) is 5.10 Å². The van der Waals surface area contributed by atoms with E-state index in [1.807, 2.05) is 0 Å². The van der Waals surface area contributed by atoms with Crippen molar-refractivity contribution in [3.63, 3.8) is 0 Å². The fraction of sp³-hybridized carbons (Fsp3) is 0. The molecule has 0 amide bonds. The Labute approximate surface area is 71.8 Å². The first-order valence-corrected chi connectivity index (χ1v) is 3.66. The predicted octanol–water partition coefficient (Wildman–Crippen LogP) is 1.44. The van der Waals surface area contributed by atoms with Crippen molar-refractivity contribution in [1.82, 2.24) is 19.6 Å². The Kier molecular flexibility index (Phi) is 1.40. The van der Waals surface area contributed by atoms with Crippen LogP contribution in [-0.4, -0.2) is 19.6 Å². The SMILES string of the molecule is S=c1nc(Cl)n2[nH]ccc2n1.